The highest BCUT2D eigenvalue weighted by atomic mass is 16.5. The van der Waals surface area contributed by atoms with Gasteiger partial charge in [0.2, 0.25) is 0 Å². The zero-order chi connectivity index (χ0) is 14.5. The lowest BCUT2D eigenvalue weighted by atomic mass is 10.0. The monoisotopic (exact) mass is 277 g/mol. The largest absolute Gasteiger partial charge is 0.497 e. The Hall–Kier alpha value is -1.55. The number of ketones is 1. The third-order valence-corrected chi connectivity index (χ3v) is 3.91. The van der Waals surface area contributed by atoms with Crippen molar-refractivity contribution in [3.05, 3.63) is 23.8 Å². The van der Waals surface area contributed by atoms with Gasteiger partial charge in [-0.2, -0.15) is 0 Å². The number of nitrogens with one attached hydrogen (secondary N) is 1. The summed E-state index contributed by atoms with van der Waals surface area (Å²) >= 11 is 0. The fraction of sp³-hybridized carbons (Fsp3) is 0.562. The van der Waals surface area contributed by atoms with Crippen LogP contribution in [-0.2, 0) is 0 Å². The summed E-state index contributed by atoms with van der Waals surface area (Å²) in [6.45, 7) is 1.92. The minimum atomic E-state index is -0.209. The highest BCUT2D eigenvalue weighted by Crippen LogP contribution is 2.26. The number of benzene rings is 1. The number of hydrogen-bond acceptors (Lipinski definition) is 4. The fourth-order valence-electron chi connectivity index (χ4n) is 2.76. The average Bonchev–Trinajstić information content (AvgIpc) is 2.98. The molecular formula is C16H23NO3. The maximum absolute atomic E-state index is 12.6. The van der Waals surface area contributed by atoms with Crippen LogP contribution in [0.15, 0.2) is 18.2 Å². The van der Waals surface area contributed by atoms with E-state index in [-0.39, 0.29) is 11.8 Å². The van der Waals surface area contributed by atoms with Crippen LogP contribution in [0.3, 0.4) is 0 Å². The van der Waals surface area contributed by atoms with E-state index in [2.05, 4.69) is 5.32 Å². The molecule has 2 rings (SSSR count). The van der Waals surface area contributed by atoms with Gasteiger partial charge in [-0.1, -0.05) is 12.8 Å². The van der Waals surface area contributed by atoms with Crippen LogP contribution >= 0.6 is 0 Å². The van der Waals surface area contributed by atoms with Crippen molar-refractivity contribution in [2.45, 2.75) is 44.7 Å². The maximum Gasteiger partial charge on any atom is 0.183 e. The molecule has 1 N–H and O–H groups in total. The Morgan fingerprint density at radius 3 is 2.55 bits per heavy atom. The maximum atomic E-state index is 12.6. The summed E-state index contributed by atoms with van der Waals surface area (Å²) < 4.78 is 10.5. The van der Waals surface area contributed by atoms with E-state index in [1.165, 1.54) is 12.8 Å². The number of ether oxygens (including phenoxy) is 2. The fourth-order valence-corrected chi connectivity index (χ4v) is 2.76. The van der Waals surface area contributed by atoms with Crippen molar-refractivity contribution >= 4 is 5.78 Å². The summed E-state index contributed by atoms with van der Waals surface area (Å²) in [4.78, 5) is 12.6. The normalized spacial score (nSPS) is 16.9. The van der Waals surface area contributed by atoms with Gasteiger partial charge in [0, 0.05) is 6.04 Å². The van der Waals surface area contributed by atoms with Crippen LogP contribution in [0.4, 0.5) is 0 Å². The number of carbonyl (C=O) groups excluding carboxylic acids is 1. The molecule has 0 amide bonds. The van der Waals surface area contributed by atoms with Gasteiger partial charge < -0.3 is 14.8 Å². The summed E-state index contributed by atoms with van der Waals surface area (Å²) in [6.07, 6.45) is 4.82. The lowest BCUT2D eigenvalue weighted by Crippen LogP contribution is -2.40. The Kier molecular flexibility index (Phi) is 5.01. The number of carbonyl (C=O) groups is 1. The zero-order valence-electron chi connectivity index (χ0n) is 12.4. The van der Waals surface area contributed by atoms with Gasteiger partial charge in [0.25, 0.3) is 0 Å². The van der Waals surface area contributed by atoms with E-state index in [9.17, 15) is 4.79 Å². The first kappa shape index (κ1) is 14.9. The average molecular weight is 277 g/mol. The SMILES string of the molecule is COc1ccc(OC)c(C(=O)C(C)NC2CCCC2)c1. The summed E-state index contributed by atoms with van der Waals surface area (Å²) in [5.74, 6) is 1.31. The Morgan fingerprint density at radius 2 is 1.95 bits per heavy atom. The summed E-state index contributed by atoms with van der Waals surface area (Å²) in [5.41, 5.74) is 0.574. The van der Waals surface area contributed by atoms with E-state index in [4.69, 9.17) is 9.47 Å². The van der Waals surface area contributed by atoms with E-state index < -0.39 is 0 Å². The zero-order valence-corrected chi connectivity index (χ0v) is 12.4. The predicted molar refractivity (Wildman–Crippen MR) is 78.7 cm³/mol. The smallest absolute Gasteiger partial charge is 0.183 e. The minimum Gasteiger partial charge on any atom is -0.497 e. The molecule has 1 aromatic rings. The van der Waals surface area contributed by atoms with Crippen molar-refractivity contribution < 1.29 is 14.3 Å². The van der Waals surface area contributed by atoms with Gasteiger partial charge in [-0.25, -0.2) is 0 Å². The first-order valence-corrected chi connectivity index (χ1v) is 7.18. The number of Topliss-reactive ketones (excluding diaryl/α,β-unsaturated/α-hetero) is 1. The quantitative estimate of drug-likeness (QED) is 0.812. The van der Waals surface area contributed by atoms with E-state index in [0.29, 0.717) is 23.1 Å². The van der Waals surface area contributed by atoms with Crippen LogP contribution < -0.4 is 14.8 Å². The van der Waals surface area contributed by atoms with Gasteiger partial charge in [-0.3, -0.25) is 4.79 Å². The molecule has 0 bridgehead atoms. The molecule has 0 saturated heterocycles. The highest BCUT2D eigenvalue weighted by molar-refractivity contribution is 6.02. The van der Waals surface area contributed by atoms with Crippen LogP contribution in [-0.4, -0.2) is 32.1 Å². The lowest BCUT2D eigenvalue weighted by Gasteiger charge is -2.19. The van der Waals surface area contributed by atoms with Gasteiger partial charge in [0.1, 0.15) is 11.5 Å². The summed E-state index contributed by atoms with van der Waals surface area (Å²) in [7, 11) is 3.17. The predicted octanol–water partition coefficient (Wildman–Crippen LogP) is 2.81. The van der Waals surface area contributed by atoms with E-state index in [1.54, 1.807) is 32.4 Å². The third kappa shape index (κ3) is 3.31. The van der Waals surface area contributed by atoms with Crippen LogP contribution in [0.5, 0.6) is 11.5 Å². The first-order chi connectivity index (χ1) is 9.65. The standard InChI is InChI=1S/C16H23NO3/c1-11(17-12-6-4-5-7-12)16(18)14-10-13(19-2)8-9-15(14)20-3/h8-12,17H,4-7H2,1-3H3. The molecule has 1 aromatic carbocycles. The molecule has 1 aliphatic carbocycles. The molecule has 4 nitrogen and oxygen atoms in total. The molecule has 0 spiro atoms. The second-order valence-electron chi connectivity index (χ2n) is 5.30. The van der Waals surface area contributed by atoms with Crippen LogP contribution in [0.25, 0.3) is 0 Å². The molecule has 20 heavy (non-hydrogen) atoms. The van der Waals surface area contributed by atoms with Crippen LogP contribution in [0, 0.1) is 0 Å². The van der Waals surface area contributed by atoms with Crippen LogP contribution in [0.1, 0.15) is 43.0 Å². The van der Waals surface area contributed by atoms with Crippen molar-refractivity contribution in [3.63, 3.8) is 0 Å². The van der Waals surface area contributed by atoms with E-state index in [1.807, 2.05) is 6.92 Å². The molecule has 0 aliphatic heterocycles. The van der Waals surface area contributed by atoms with Gasteiger partial charge in [0.15, 0.2) is 5.78 Å². The Balaban J connectivity index is 2.13. The molecule has 110 valence electrons. The number of hydrogen-bond donors (Lipinski definition) is 1. The molecule has 0 heterocycles. The van der Waals surface area contributed by atoms with E-state index in [0.717, 1.165) is 12.8 Å². The molecule has 0 radical (unpaired) electrons. The number of rotatable bonds is 6. The molecule has 1 fully saturated rings. The molecule has 1 aliphatic rings. The van der Waals surface area contributed by atoms with Gasteiger partial charge in [0.05, 0.1) is 25.8 Å². The Bertz CT molecular complexity index is 467. The number of methoxy groups -OCH3 is 2. The molecule has 1 unspecified atom stereocenters. The van der Waals surface area contributed by atoms with Crippen molar-refractivity contribution in [1.82, 2.24) is 5.32 Å². The first-order valence-electron chi connectivity index (χ1n) is 7.18. The summed E-state index contributed by atoms with van der Waals surface area (Å²) in [5, 5.41) is 3.42. The second kappa shape index (κ2) is 6.75. The van der Waals surface area contributed by atoms with Gasteiger partial charge >= 0.3 is 0 Å². The van der Waals surface area contributed by atoms with Crippen molar-refractivity contribution in [3.8, 4) is 11.5 Å². The van der Waals surface area contributed by atoms with E-state index >= 15 is 0 Å². The van der Waals surface area contributed by atoms with Crippen molar-refractivity contribution in [2.24, 2.45) is 0 Å². The Labute approximate surface area is 120 Å². The van der Waals surface area contributed by atoms with Crippen molar-refractivity contribution in [2.75, 3.05) is 14.2 Å². The topological polar surface area (TPSA) is 47.6 Å². The van der Waals surface area contributed by atoms with Gasteiger partial charge in [-0.05, 0) is 38.0 Å². The molecule has 4 heteroatoms. The lowest BCUT2D eigenvalue weighted by molar-refractivity contribution is 0.0941. The summed E-state index contributed by atoms with van der Waals surface area (Å²) in [6, 6.07) is 5.57. The second-order valence-corrected chi connectivity index (χ2v) is 5.30. The molecule has 0 aromatic heterocycles. The highest BCUT2D eigenvalue weighted by Gasteiger charge is 2.24. The van der Waals surface area contributed by atoms with Crippen molar-refractivity contribution in [1.29, 1.82) is 0 Å². The third-order valence-electron chi connectivity index (χ3n) is 3.91. The van der Waals surface area contributed by atoms with Crippen LogP contribution in [0.2, 0.25) is 0 Å². The molecule has 1 atom stereocenters. The van der Waals surface area contributed by atoms with Gasteiger partial charge in [-0.15, -0.1) is 0 Å². The molecular weight excluding hydrogens is 254 g/mol. The Morgan fingerprint density at radius 1 is 1.25 bits per heavy atom. The molecule has 1 saturated carbocycles. The minimum absolute atomic E-state index is 0.0488.